The van der Waals surface area contributed by atoms with Gasteiger partial charge < -0.3 is 19.6 Å². The van der Waals surface area contributed by atoms with E-state index in [2.05, 4.69) is 10.3 Å². The molecule has 0 aromatic carbocycles. The molecule has 6 nitrogen and oxygen atoms in total. The topological polar surface area (TPSA) is 75.9 Å². The average molecular weight is 263 g/mol. The van der Waals surface area contributed by atoms with Crippen LogP contribution in [0.3, 0.4) is 0 Å². The maximum Gasteiger partial charge on any atom is 0.358 e. The van der Waals surface area contributed by atoms with Crippen LogP contribution in [0.5, 0.6) is 5.75 Å². The molecule has 0 bridgehead atoms. The van der Waals surface area contributed by atoms with Gasteiger partial charge in [0.2, 0.25) is 0 Å². The summed E-state index contributed by atoms with van der Waals surface area (Å²) in [7, 11) is 3.18. The van der Waals surface area contributed by atoms with E-state index in [1.54, 1.807) is 16.7 Å². The number of methoxy groups -OCH3 is 1. The van der Waals surface area contributed by atoms with Gasteiger partial charge in [0.15, 0.2) is 5.69 Å². The number of nitrogens with one attached hydrogen (secondary N) is 1. The Bertz CT molecular complexity index is 606. The van der Waals surface area contributed by atoms with Gasteiger partial charge in [-0.3, -0.25) is 0 Å². The molecule has 0 radical (unpaired) electrons. The fraction of sp³-hybridized carbons (Fsp3) is 0.385. The summed E-state index contributed by atoms with van der Waals surface area (Å²) < 4.78 is 6.51. The predicted octanol–water partition coefficient (Wildman–Crippen LogP) is 0.977. The molecule has 0 spiro atoms. The van der Waals surface area contributed by atoms with Crippen LogP contribution in [0.15, 0.2) is 18.3 Å². The molecule has 1 unspecified atom stereocenters. The second-order valence-corrected chi connectivity index (χ2v) is 4.40. The highest BCUT2D eigenvalue weighted by atomic mass is 16.5. The molecule has 0 aliphatic carbocycles. The zero-order chi connectivity index (χ0) is 14.0. The minimum absolute atomic E-state index is 0.0887. The largest absolute Gasteiger partial charge is 0.508 e. The van der Waals surface area contributed by atoms with Crippen molar-refractivity contribution < 1.29 is 14.6 Å². The smallest absolute Gasteiger partial charge is 0.358 e. The number of likely N-dealkylation sites (N-methyl/N-ethyl adjacent to an activating group) is 1. The SMILES string of the molecule is CNC(C)Cc1nc(C(=O)OC)c2cc(O)ccn12. The molecule has 6 heteroatoms. The van der Waals surface area contributed by atoms with Crippen molar-refractivity contribution in [3.8, 4) is 5.75 Å². The van der Waals surface area contributed by atoms with Gasteiger partial charge in [0.1, 0.15) is 11.6 Å². The molecule has 2 rings (SSSR count). The standard InChI is InChI=1S/C13H17N3O3/c1-8(14-2)6-11-15-12(13(18)19-3)10-7-9(17)4-5-16(10)11/h4-5,7-8,14,17H,6H2,1-3H3. The summed E-state index contributed by atoms with van der Waals surface area (Å²) in [5.74, 6) is 0.328. The quantitative estimate of drug-likeness (QED) is 0.804. The molecule has 0 aliphatic rings. The number of pyridine rings is 1. The van der Waals surface area contributed by atoms with E-state index in [0.717, 1.165) is 5.82 Å². The van der Waals surface area contributed by atoms with Crippen LogP contribution in [-0.4, -0.2) is 40.7 Å². The summed E-state index contributed by atoms with van der Waals surface area (Å²) in [4.78, 5) is 16.0. The minimum Gasteiger partial charge on any atom is -0.508 e. The van der Waals surface area contributed by atoms with E-state index in [1.807, 2.05) is 14.0 Å². The van der Waals surface area contributed by atoms with Gasteiger partial charge in [-0.15, -0.1) is 0 Å². The number of hydrogen-bond donors (Lipinski definition) is 2. The molecule has 2 aromatic rings. The van der Waals surface area contributed by atoms with Crippen molar-refractivity contribution in [1.29, 1.82) is 0 Å². The molecule has 2 heterocycles. The molecule has 0 amide bonds. The Labute approximate surface area is 111 Å². The summed E-state index contributed by atoms with van der Waals surface area (Å²) in [5.41, 5.74) is 0.766. The molecule has 0 aliphatic heterocycles. The third kappa shape index (κ3) is 2.53. The number of ether oxygens (including phenoxy) is 1. The van der Waals surface area contributed by atoms with Crippen molar-refractivity contribution in [3.05, 3.63) is 29.8 Å². The van der Waals surface area contributed by atoms with E-state index in [1.165, 1.54) is 13.2 Å². The normalized spacial score (nSPS) is 12.6. The van der Waals surface area contributed by atoms with Crippen LogP contribution in [0.25, 0.3) is 5.52 Å². The van der Waals surface area contributed by atoms with Crippen molar-refractivity contribution in [2.45, 2.75) is 19.4 Å². The number of carbonyl (C=O) groups excluding carboxylic acids is 1. The zero-order valence-electron chi connectivity index (χ0n) is 11.2. The summed E-state index contributed by atoms with van der Waals surface area (Å²) in [6, 6.07) is 3.29. The van der Waals surface area contributed by atoms with Gasteiger partial charge >= 0.3 is 5.97 Å². The molecule has 2 N–H and O–H groups in total. The lowest BCUT2D eigenvalue weighted by atomic mass is 10.2. The van der Waals surface area contributed by atoms with Crippen LogP contribution in [0.4, 0.5) is 0 Å². The van der Waals surface area contributed by atoms with Crippen LogP contribution in [-0.2, 0) is 11.2 Å². The summed E-state index contributed by atoms with van der Waals surface area (Å²) in [6.45, 7) is 2.03. The van der Waals surface area contributed by atoms with Gasteiger partial charge in [-0.05, 0) is 20.0 Å². The fourth-order valence-corrected chi connectivity index (χ4v) is 1.90. The predicted molar refractivity (Wildman–Crippen MR) is 70.4 cm³/mol. The third-order valence-electron chi connectivity index (χ3n) is 3.06. The molecule has 0 saturated heterocycles. The second kappa shape index (κ2) is 5.27. The monoisotopic (exact) mass is 263 g/mol. The van der Waals surface area contributed by atoms with E-state index >= 15 is 0 Å². The van der Waals surface area contributed by atoms with Crippen LogP contribution in [0.2, 0.25) is 0 Å². The van der Waals surface area contributed by atoms with Crippen LogP contribution in [0, 0.1) is 0 Å². The molecule has 102 valence electrons. The van der Waals surface area contributed by atoms with E-state index in [9.17, 15) is 9.90 Å². The van der Waals surface area contributed by atoms with Crippen molar-refractivity contribution >= 4 is 11.5 Å². The summed E-state index contributed by atoms with van der Waals surface area (Å²) >= 11 is 0. The highest BCUT2D eigenvalue weighted by Gasteiger charge is 2.19. The highest BCUT2D eigenvalue weighted by molar-refractivity contribution is 5.95. The number of imidazole rings is 1. The van der Waals surface area contributed by atoms with Gasteiger partial charge in [-0.1, -0.05) is 0 Å². The van der Waals surface area contributed by atoms with Gasteiger partial charge in [-0.25, -0.2) is 9.78 Å². The lowest BCUT2D eigenvalue weighted by molar-refractivity contribution is 0.0597. The number of aromatic hydroxyl groups is 1. The van der Waals surface area contributed by atoms with Crippen LogP contribution >= 0.6 is 0 Å². The number of rotatable bonds is 4. The Kier molecular flexibility index (Phi) is 3.71. The lowest BCUT2D eigenvalue weighted by Gasteiger charge is -2.08. The molecular weight excluding hydrogens is 246 g/mol. The molecule has 0 fully saturated rings. The maximum atomic E-state index is 11.7. The van der Waals surface area contributed by atoms with E-state index in [-0.39, 0.29) is 17.5 Å². The Balaban J connectivity index is 2.56. The Morgan fingerprint density at radius 3 is 3.00 bits per heavy atom. The first-order chi connectivity index (χ1) is 9.06. The molecule has 19 heavy (non-hydrogen) atoms. The number of esters is 1. The number of nitrogens with zero attached hydrogens (tertiary/aromatic N) is 2. The van der Waals surface area contributed by atoms with Gasteiger partial charge in [-0.2, -0.15) is 0 Å². The first kappa shape index (κ1) is 13.4. The van der Waals surface area contributed by atoms with Crippen molar-refractivity contribution in [2.75, 3.05) is 14.2 Å². The molecule has 2 aromatic heterocycles. The molecular formula is C13H17N3O3. The van der Waals surface area contributed by atoms with Crippen LogP contribution < -0.4 is 5.32 Å². The minimum atomic E-state index is -0.508. The van der Waals surface area contributed by atoms with Crippen molar-refractivity contribution in [1.82, 2.24) is 14.7 Å². The number of fused-ring (bicyclic) bond motifs is 1. The Morgan fingerprint density at radius 1 is 1.63 bits per heavy atom. The van der Waals surface area contributed by atoms with Crippen molar-refractivity contribution in [2.24, 2.45) is 0 Å². The zero-order valence-corrected chi connectivity index (χ0v) is 11.2. The van der Waals surface area contributed by atoms with Gasteiger partial charge in [0.25, 0.3) is 0 Å². The third-order valence-corrected chi connectivity index (χ3v) is 3.06. The molecule has 0 saturated carbocycles. The molecule has 1 atom stereocenters. The summed E-state index contributed by atoms with van der Waals surface area (Å²) in [5, 5.41) is 12.7. The first-order valence-corrected chi connectivity index (χ1v) is 6.02. The van der Waals surface area contributed by atoms with Gasteiger partial charge in [0, 0.05) is 24.7 Å². The maximum absolute atomic E-state index is 11.7. The van der Waals surface area contributed by atoms with Crippen molar-refractivity contribution in [3.63, 3.8) is 0 Å². The first-order valence-electron chi connectivity index (χ1n) is 6.02. The van der Waals surface area contributed by atoms with Crippen LogP contribution in [0.1, 0.15) is 23.2 Å². The number of aromatic nitrogens is 2. The highest BCUT2D eigenvalue weighted by Crippen LogP contribution is 2.20. The van der Waals surface area contributed by atoms with Gasteiger partial charge in [0.05, 0.1) is 12.6 Å². The fourth-order valence-electron chi connectivity index (χ4n) is 1.90. The summed E-state index contributed by atoms with van der Waals surface area (Å²) in [6.07, 6.45) is 2.36. The van der Waals surface area contributed by atoms with E-state index in [4.69, 9.17) is 4.74 Å². The van der Waals surface area contributed by atoms with E-state index < -0.39 is 5.97 Å². The average Bonchev–Trinajstić information content (AvgIpc) is 2.75. The van der Waals surface area contributed by atoms with E-state index in [0.29, 0.717) is 11.9 Å². The second-order valence-electron chi connectivity index (χ2n) is 4.40. The lowest BCUT2D eigenvalue weighted by Crippen LogP contribution is -2.24. The number of hydrogen-bond acceptors (Lipinski definition) is 5. The Morgan fingerprint density at radius 2 is 2.37 bits per heavy atom. The number of carbonyl (C=O) groups is 1. The Hall–Kier alpha value is -2.08.